The second-order valence-electron chi connectivity index (χ2n) is 4.00. The van der Waals surface area contributed by atoms with Crippen LogP contribution >= 0.6 is 0 Å². The number of rotatable bonds is 4. The van der Waals surface area contributed by atoms with Crippen molar-refractivity contribution in [2.24, 2.45) is 5.92 Å². The molecule has 86 valence electrons. The monoisotopic (exact) mass is 214 g/mol. The van der Waals surface area contributed by atoms with E-state index >= 15 is 0 Å². The maximum absolute atomic E-state index is 11.5. The first kappa shape index (κ1) is 12.0. The number of esters is 1. The fraction of sp³-hybridized carbons (Fsp3) is 0.818. The van der Waals surface area contributed by atoms with Gasteiger partial charge in [-0.05, 0) is 32.1 Å². The molecule has 0 aliphatic heterocycles. The first-order valence-corrected chi connectivity index (χ1v) is 5.58. The van der Waals surface area contributed by atoms with Crippen molar-refractivity contribution < 1.29 is 19.4 Å². The van der Waals surface area contributed by atoms with Crippen molar-refractivity contribution in [3.63, 3.8) is 0 Å². The Bertz CT molecular complexity index is 231. The number of hydrogen-bond donors (Lipinski definition) is 1. The van der Waals surface area contributed by atoms with E-state index in [0.717, 1.165) is 25.7 Å². The summed E-state index contributed by atoms with van der Waals surface area (Å²) in [4.78, 5) is 22.2. The Morgan fingerprint density at radius 2 is 1.93 bits per heavy atom. The molecule has 1 saturated carbocycles. The van der Waals surface area contributed by atoms with Crippen molar-refractivity contribution in [2.45, 2.75) is 51.6 Å². The zero-order valence-electron chi connectivity index (χ0n) is 9.07. The zero-order chi connectivity index (χ0) is 11.3. The fourth-order valence-electron chi connectivity index (χ4n) is 1.87. The summed E-state index contributed by atoms with van der Waals surface area (Å²) in [7, 11) is 0. The molecule has 1 rings (SSSR count). The molecule has 0 saturated heterocycles. The predicted molar refractivity (Wildman–Crippen MR) is 54.4 cm³/mol. The van der Waals surface area contributed by atoms with Crippen LogP contribution in [0.4, 0.5) is 0 Å². The van der Waals surface area contributed by atoms with E-state index in [9.17, 15) is 9.59 Å². The SMILES string of the molecule is CCC(C(=O)O)C(=O)OC1CCCCC1. The molecule has 0 radical (unpaired) electrons. The quantitative estimate of drug-likeness (QED) is 0.574. The lowest BCUT2D eigenvalue weighted by molar-refractivity contribution is -0.163. The highest BCUT2D eigenvalue weighted by Gasteiger charge is 2.28. The third kappa shape index (κ3) is 3.53. The van der Waals surface area contributed by atoms with Gasteiger partial charge in [-0.15, -0.1) is 0 Å². The van der Waals surface area contributed by atoms with Gasteiger partial charge in [0.1, 0.15) is 6.10 Å². The van der Waals surface area contributed by atoms with Crippen LogP contribution in [0, 0.1) is 5.92 Å². The summed E-state index contributed by atoms with van der Waals surface area (Å²) in [6.07, 6.45) is 5.32. The van der Waals surface area contributed by atoms with Crippen LogP contribution in [0.15, 0.2) is 0 Å². The maximum atomic E-state index is 11.5. The summed E-state index contributed by atoms with van der Waals surface area (Å²) in [6.45, 7) is 1.68. The van der Waals surface area contributed by atoms with Crippen LogP contribution in [0.1, 0.15) is 45.4 Å². The second kappa shape index (κ2) is 5.73. The molecular weight excluding hydrogens is 196 g/mol. The van der Waals surface area contributed by atoms with Gasteiger partial charge in [0.15, 0.2) is 5.92 Å². The van der Waals surface area contributed by atoms with E-state index in [0.29, 0.717) is 6.42 Å². The largest absolute Gasteiger partial charge is 0.481 e. The van der Waals surface area contributed by atoms with Crippen LogP contribution in [0.2, 0.25) is 0 Å². The van der Waals surface area contributed by atoms with Crippen molar-refractivity contribution in [3.8, 4) is 0 Å². The molecule has 1 aliphatic rings. The number of ether oxygens (including phenoxy) is 1. The molecule has 0 bridgehead atoms. The lowest BCUT2D eigenvalue weighted by Gasteiger charge is -2.23. The van der Waals surface area contributed by atoms with Crippen molar-refractivity contribution in [1.29, 1.82) is 0 Å². The first-order valence-electron chi connectivity index (χ1n) is 5.58. The maximum Gasteiger partial charge on any atom is 0.320 e. The third-order valence-corrected chi connectivity index (χ3v) is 2.83. The minimum absolute atomic E-state index is 0.0559. The summed E-state index contributed by atoms with van der Waals surface area (Å²) >= 11 is 0. The molecule has 1 atom stereocenters. The Hall–Kier alpha value is -1.06. The zero-order valence-corrected chi connectivity index (χ0v) is 9.07. The summed E-state index contributed by atoms with van der Waals surface area (Å²) in [5, 5.41) is 8.77. The van der Waals surface area contributed by atoms with Gasteiger partial charge in [0.05, 0.1) is 0 Å². The molecule has 4 nitrogen and oxygen atoms in total. The molecule has 0 aromatic rings. The average molecular weight is 214 g/mol. The van der Waals surface area contributed by atoms with Crippen LogP contribution < -0.4 is 0 Å². The van der Waals surface area contributed by atoms with Gasteiger partial charge in [-0.2, -0.15) is 0 Å². The highest BCUT2D eigenvalue weighted by Crippen LogP contribution is 2.21. The molecule has 0 spiro atoms. The standard InChI is InChI=1S/C11H18O4/c1-2-9(10(12)13)11(14)15-8-6-4-3-5-7-8/h8-9H,2-7H2,1H3,(H,12,13). The van der Waals surface area contributed by atoms with Crippen molar-refractivity contribution >= 4 is 11.9 Å². The number of carbonyl (C=O) groups is 2. The number of aliphatic carboxylic acids is 1. The van der Waals surface area contributed by atoms with E-state index in [1.807, 2.05) is 0 Å². The van der Waals surface area contributed by atoms with E-state index < -0.39 is 17.9 Å². The van der Waals surface area contributed by atoms with Crippen LogP contribution in [0.5, 0.6) is 0 Å². The molecular formula is C11H18O4. The molecule has 0 heterocycles. The first-order chi connectivity index (χ1) is 7.15. The molecule has 1 unspecified atom stereocenters. The minimum atomic E-state index is -1.08. The molecule has 15 heavy (non-hydrogen) atoms. The number of carboxylic acids is 1. The van der Waals surface area contributed by atoms with Crippen LogP contribution in [0.3, 0.4) is 0 Å². The lowest BCUT2D eigenvalue weighted by Crippen LogP contribution is -2.30. The van der Waals surface area contributed by atoms with Gasteiger partial charge in [-0.25, -0.2) is 0 Å². The number of carbonyl (C=O) groups excluding carboxylic acids is 1. The van der Waals surface area contributed by atoms with Crippen LogP contribution in [-0.2, 0) is 14.3 Å². The molecule has 1 fully saturated rings. The van der Waals surface area contributed by atoms with E-state index in [1.165, 1.54) is 6.42 Å². The summed E-state index contributed by atoms with van der Waals surface area (Å²) < 4.78 is 5.19. The normalized spacial score (nSPS) is 19.5. The second-order valence-corrected chi connectivity index (χ2v) is 4.00. The molecule has 4 heteroatoms. The molecule has 0 aromatic heterocycles. The van der Waals surface area contributed by atoms with Crippen LogP contribution in [-0.4, -0.2) is 23.1 Å². The van der Waals surface area contributed by atoms with Gasteiger partial charge < -0.3 is 9.84 Å². The van der Waals surface area contributed by atoms with Crippen molar-refractivity contribution in [1.82, 2.24) is 0 Å². The van der Waals surface area contributed by atoms with Gasteiger partial charge in [0, 0.05) is 0 Å². The van der Waals surface area contributed by atoms with E-state index in [4.69, 9.17) is 9.84 Å². The lowest BCUT2D eigenvalue weighted by atomic mass is 9.97. The molecule has 0 amide bonds. The van der Waals surface area contributed by atoms with E-state index in [1.54, 1.807) is 6.92 Å². The van der Waals surface area contributed by atoms with Gasteiger partial charge in [-0.1, -0.05) is 13.3 Å². The van der Waals surface area contributed by atoms with Gasteiger partial charge in [0.25, 0.3) is 0 Å². The van der Waals surface area contributed by atoms with E-state index in [-0.39, 0.29) is 6.10 Å². The number of carboxylic acid groups (broad SMARTS) is 1. The number of hydrogen-bond acceptors (Lipinski definition) is 3. The molecule has 1 aliphatic carbocycles. The highest BCUT2D eigenvalue weighted by molar-refractivity contribution is 5.93. The molecule has 1 N–H and O–H groups in total. The fourth-order valence-corrected chi connectivity index (χ4v) is 1.87. The Kier molecular flexibility index (Phi) is 4.59. The third-order valence-electron chi connectivity index (χ3n) is 2.83. The van der Waals surface area contributed by atoms with Crippen molar-refractivity contribution in [2.75, 3.05) is 0 Å². The van der Waals surface area contributed by atoms with Crippen LogP contribution in [0.25, 0.3) is 0 Å². The smallest absolute Gasteiger partial charge is 0.320 e. The Morgan fingerprint density at radius 3 is 2.40 bits per heavy atom. The van der Waals surface area contributed by atoms with Gasteiger partial charge in [0.2, 0.25) is 0 Å². The highest BCUT2D eigenvalue weighted by atomic mass is 16.5. The Morgan fingerprint density at radius 1 is 1.33 bits per heavy atom. The Labute approximate surface area is 89.6 Å². The van der Waals surface area contributed by atoms with Gasteiger partial charge in [-0.3, -0.25) is 9.59 Å². The van der Waals surface area contributed by atoms with Crippen molar-refractivity contribution in [3.05, 3.63) is 0 Å². The van der Waals surface area contributed by atoms with Gasteiger partial charge >= 0.3 is 11.9 Å². The predicted octanol–water partition coefficient (Wildman–Crippen LogP) is 1.97. The summed E-state index contributed by atoms with van der Waals surface area (Å²) in [5.74, 6) is -2.65. The topological polar surface area (TPSA) is 63.6 Å². The molecule has 0 aromatic carbocycles. The van der Waals surface area contributed by atoms with E-state index in [2.05, 4.69) is 0 Å². The average Bonchev–Trinajstić information content (AvgIpc) is 2.19. The Balaban J connectivity index is 2.42. The minimum Gasteiger partial charge on any atom is -0.481 e. The summed E-state index contributed by atoms with van der Waals surface area (Å²) in [5.41, 5.74) is 0. The summed E-state index contributed by atoms with van der Waals surface area (Å²) in [6, 6.07) is 0.